The Bertz CT molecular complexity index is 1020. The molecule has 30 heavy (non-hydrogen) atoms. The van der Waals surface area contributed by atoms with Crippen LogP contribution in [0.1, 0.15) is 19.8 Å². The third kappa shape index (κ3) is 5.17. The zero-order valence-corrected chi connectivity index (χ0v) is 17.7. The van der Waals surface area contributed by atoms with Crippen molar-refractivity contribution in [2.45, 2.75) is 24.7 Å². The van der Waals surface area contributed by atoms with Gasteiger partial charge in [-0.3, -0.25) is 9.59 Å². The van der Waals surface area contributed by atoms with Gasteiger partial charge in [0.15, 0.2) is 0 Å². The molecule has 160 valence electrons. The van der Waals surface area contributed by atoms with E-state index in [0.29, 0.717) is 36.5 Å². The second-order valence-corrected chi connectivity index (χ2v) is 9.07. The van der Waals surface area contributed by atoms with Crippen LogP contribution in [0, 0.1) is 5.92 Å². The van der Waals surface area contributed by atoms with E-state index in [1.807, 2.05) is 0 Å². The van der Waals surface area contributed by atoms with E-state index in [9.17, 15) is 18.0 Å². The lowest BCUT2D eigenvalue weighted by atomic mass is 9.98. The molecule has 1 fully saturated rings. The summed E-state index contributed by atoms with van der Waals surface area (Å²) < 4.78 is 32.5. The van der Waals surface area contributed by atoms with Gasteiger partial charge in [0, 0.05) is 37.5 Å². The predicted molar refractivity (Wildman–Crippen MR) is 114 cm³/mol. The van der Waals surface area contributed by atoms with Crippen molar-refractivity contribution in [2.24, 2.45) is 5.92 Å². The van der Waals surface area contributed by atoms with Gasteiger partial charge in [-0.1, -0.05) is 6.07 Å². The molecule has 9 heteroatoms. The van der Waals surface area contributed by atoms with Crippen molar-refractivity contribution >= 4 is 33.2 Å². The van der Waals surface area contributed by atoms with Gasteiger partial charge in [0.25, 0.3) is 0 Å². The highest BCUT2D eigenvalue weighted by molar-refractivity contribution is 7.89. The Labute approximate surface area is 176 Å². The fraction of sp³-hybridized carbons (Fsp3) is 0.333. The van der Waals surface area contributed by atoms with Crippen LogP contribution in [-0.2, 0) is 19.6 Å². The lowest BCUT2D eigenvalue weighted by molar-refractivity contribution is -0.121. The molecule has 0 unspecified atom stereocenters. The van der Waals surface area contributed by atoms with Gasteiger partial charge in [0.2, 0.25) is 21.8 Å². The van der Waals surface area contributed by atoms with Crippen LogP contribution in [0.25, 0.3) is 0 Å². The molecular weight excluding hydrogens is 406 g/mol. The Kier molecular flexibility index (Phi) is 6.73. The van der Waals surface area contributed by atoms with E-state index in [1.165, 1.54) is 23.4 Å². The summed E-state index contributed by atoms with van der Waals surface area (Å²) in [5.41, 5.74) is 1.13. The van der Waals surface area contributed by atoms with Gasteiger partial charge >= 0.3 is 0 Å². The molecule has 1 aliphatic rings. The highest BCUT2D eigenvalue weighted by atomic mass is 32.2. The number of hydrogen-bond donors (Lipinski definition) is 2. The molecule has 1 atom stereocenters. The van der Waals surface area contributed by atoms with Gasteiger partial charge in [0.1, 0.15) is 5.75 Å². The first-order chi connectivity index (χ1) is 14.3. The summed E-state index contributed by atoms with van der Waals surface area (Å²) in [7, 11) is -2.19. The number of piperidine rings is 1. The zero-order chi connectivity index (χ0) is 21.7. The maximum absolute atomic E-state index is 13.0. The number of rotatable bonds is 6. The molecule has 2 amide bonds. The maximum Gasteiger partial charge on any atom is 0.243 e. The number of ether oxygens (including phenoxy) is 1. The lowest BCUT2D eigenvalue weighted by Gasteiger charge is -2.31. The number of nitrogens with one attached hydrogen (secondary N) is 2. The highest BCUT2D eigenvalue weighted by Crippen LogP contribution is 2.26. The number of methoxy groups -OCH3 is 1. The second kappa shape index (κ2) is 9.27. The first kappa shape index (κ1) is 21.8. The molecule has 2 aromatic carbocycles. The van der Waals surface area contributed by atoms with Crippen LogP contribution in [0.4, 0.5) is 11.4 Å². The van der Waals surface area contributed by atoms with Crippen molar-refractivity contribution < 1.29 is 22.7 Å². The molecule has 1 heterocycles. The first-order valence-electron chi connectivity index (χ1n) is 9.62. The number of amides is 2. The Balaban J connectivity index is 1.69. The van der Waals surface area contributed by atoms with Crippen molar-refractivity contribution in [1.82, 2.24) is 4.31 Å². The third-order valence-corrected chi connectivity index (χ3v) is 6.78. The van der Waals surface area contributed by atoms with E-state index < -0.39 is 15.9 Å². The summed E-state index contributed by atoms with van der Waals surface area (Å²) in [5, 5.41) is 5.45. The minimum atomic E-state index is -3.74. The number of carbonyl (C=O) groups is 2. The molecule has 3 rings (SSSR count). The molecule has 0 aliphatic carbocycles. The minimum Gasteiger partial charge on any atom is -0.497 e. The second-order valence-electron chi connectivity index (χ2n) is 7.13. The van der Waals surface area contributed by atoms with E-state index in [2.05, 4.69) is 10.6 Å². The van der Waals surface area contributed by atoms with Crippen molar-refractivity contribution in [2.75, 3.05) is 30.8 Å². The monoisotopic (exact) mass is 431 g/mol. The van der Waals surface area contributed by atoms with Crippen molar-refractivity contribution in [3.8, 4) is 5.75 Å². The Morgan fingerprint density at radius 2 is 1.80 bits per heavy atom. The molecule has 0 bridgehead atoms. The van der Waals surface area contributed by atoms with Crippen molar-refractivity contribution in [3.63, 3.8) is 0 Å². The summed E-state index contributed by atoms with van der Waals surface area (Å²) in [4.78, 5) is 24.0. The van der Waals surface area contributed by atoms with E-state index in [1.54, 1.807) is 43.5 Å². The fourth-order valence-corrected chi connectivity index (χ4v) is 4.91. The fourth-order valence-electron chi connectivity index (χ4n) is 3.38. The van der Waals surface area contributed by atoms with Crippen LogP contribution in [0.5, 0.6) is 5.75 Å². The highest BCUT2D eigenvalue weighted by Gasteiger charge is 2.33. The summed E-state index contributed by atoms with van der Waals surface area (Å²) in [6.07, 6.45) is 1.21. The number of benzene rings is 2. The van der Waals surface area contributed by atoms with Crippen LogP contribution in [0.2, 0.25) is 0 Å². The Hall–Kier alpha value is -2.91. The van der Waals surface area contributed by atoms with E-state index >= 15 is 0 Å². The summed E-state index contributed by atoms with van der Waals surface area (Å²) in [6.45, 7) is 1.86. The first-order valence-corrected chi connectivity index (χ1v) is 11.1. The summed E-state index contributed by atoms with van der Waals surface area (Å²) in [5.74, 6) is -0.266. The Morgan fingerprint density at radius 1 is 1.07 bits per heavy atom. The van der Waals surface area contributed by atoms with Crippen LogP contribution in [0.15, 0.2) is 53.4 Å². The SMILES string of the molecule is COc1cccc(NC(=O)[C@@H]2CCCN(S(=O)(=O)c3ccc(NC(C)=O)cc3)C2)c1. The maximum atomic E-state index is 13.0. The molecule has 2 aromatic rings. The molecule has 2 N–H and O–H groups in total. The molecule has 0 spiro atoms. The zero-order valence-electron chi connectivity index (χ0n) is 16.9. The normalized spacial score (nSPS) is 17.2. The topological polar surface area (TPSA) is 105 Å². The number of nitrogens with zero attached hydrogens (tertiary/aromatic N) is 1. The van der Waals surface area contributed by atoms with Gasteiger partial charge in [-0.15, -0.1) is 0 Å². The lowest BCUT2D eigenvalue weighted by Crippen LogP contribution is -2.43. The number of anilines is 2. The Morgan fingerprint density at radius 3 is 2.47 bits per heavy atom. The number of carbonyl (C=O) groups excluding carboxylic acids is 2. The van der Waals surface area contributed by atoms with Crippen LogP contribution in [0.3, 0.4) is 0 Å². The van der Waals surface area contributed by atoms with Crippen molar-refractivity contribution in [3.05, 3.63) is 48.5 Å². The molecule has 1 saturated heterocycles. The minimum absolute atomic E-state index is 0.117. The summed E-state index contributed by atoms with van der Waals surface area (Å²) in [6, 6.07) is 13.0. The molecule has 1 aliphatic heterocycles. The van der Waals surface area contributed by atoms with E-state index in [0.717, 1.165) is 0 Å². The predicted octanol–water partition coefficient (Wildman–Crippen LogP) is 2.69. The van der Waals surface area contributed by atoms with E-state index in [-0.39, 0.29) is 23.3 Å². The molecule has 8 nitrogen and oxygen atoms in total. The van der Waals surface area contributed by atoms with Crippen LogP contribution in [-0.4, -0.2) is 44.7 Å². The third-order valence-electron chi connectivity index (χ3n) is 4.90. The van der Waals surface area contributed by atoms with Crippen LogP contribution < -0.4 is 15.4 Å². The molecule has 0 saturated carbocycles. The van der Waals surface area contributed by atoms with Crippen LogP contribution >= 0.6 is 0 Å². The van der Waals surface area contributed by atoms with E-state index in [4.69, 9.17) is 4.74 Å². The van der Waals surface area contributed by atoms with Gasteiger partial charge in [-0.25, -0.2) is 8.42 Å². The summed E-state index contributed by atoms with van der Waals surface area (Å²) >= 11 is 0. The van der Waals surface area contributed by atoms with Gasteiger partial charge in [-0.05, 0) is 49.2 Å². The standard InChI is InChI=1S/C21H25N3O5S/c1-15(25)22-17-8-10-20(11-9-17)30(27,28)24-12-4-5-16(14-24)21(26)23-18-6-3-7-19(13-18)29-2/h3,6-11,13,16H,4-5,12,14H2,1-2H3,(H,22,25)(H,23,26)/t16-/m1/s1. The van der Waals surface area contributed by atoms with Gasteiger partial charge < -0.3 is 15.4 Å². The molecular formula is C21H25N3O5S. The average molecular weight is 432 g/mol. The number of sulfonamides is 1. The smallest absolute Gasteiger partial charge is 0.243 e. The molecule has 0 radical (unpaired) electrons. The number of hydrogen-bond acceptors (Lipinski definition) is 5. The van der Waals surface area contributed by atoms with Gasteiger partial charge in [0.05, 0.1) is 17.9 Å². The largest absolute Gasteiger partial charge is 0.497 e. The van der Waals surface area contributed by atoms with Gasteiger partial charge in [-0.2, -0.15) is 4.31 Å². The van der Waals surface area contributed by atoms with Crippen molar-refractivity contribution in [1.29, 1.82) is 0 Å². The molecule has 0 aromatic heterocycles. The quantitative estimate of drug-likeness (QED) is 0.732. The average Bonchev–Trinajstić information content (AvgIpc) is 2.74.